The standard InChI is InChI=1S/C45H26N4OS/c1-3-12-27(13-4-1)30-18-11-20-36-40(30)33-23-22-29(26-37(33)50-36)44-46-43(28-14-5-2-6-15-28)47-45(48-44)49-35-19-9-7-16-31(35)32-24-25-39-41(42(32)49)34-17-8-10-21-38(34)51-39/h1-26H/i2D,5D,6D,11D,14D,15D,18D,20D,22D,23D,26D. The highest BCUT2D eigenvalue weighted by Gasteiger charge is 2.22. The average molecular weight is 682 g/mol. The molecule has 51 heavy (non-hydrogen) atoms. The Morgan fingerprint density at radius 2 is 1.31 bits per heavy atom. The van der Waals surface area contributed by atoms with Gasteiger partial charge in [0.25, 0.3) is 0 Å². The molecule has 11 rings (SSSR count). The van der Waals surface area contributed by atoms with Crippen molar-refractivity contribution in [3.05, 3.63) is 157 Å². The Kier molecular flexibility index (Phi) is 4.19. The minimum Gasteiger partial charge on any atom is -0.456 e. The number of hydrogen-bond donors (Lipinski definition) is 0. The number of hydrogen-bond acceptors (Lipinski definition) is 5. The molecule has 4 aromatic heterocycles. The summed E-state index contributed by atoms with van der Waals surface area (Å²) in [5.41, 5.74) is 1.18. The van der Waals surface area contributed by atoms with Gasteiger partial charge in [0.15, 0.2) is 11.6 Å². The Balaban J connectivity index is 1.29. The molecular weight excluding hydrogens is 645 g/mol. The van der Waals surface area contributed by atoms with Crippen LogP contribution in [0.1, 0.15) is 15.1 Å². The van der Waals surface area contributed by atoms with Gasteiger partial charge in [0.1, 0.15) is 11.2 Å². The van der Waals surface area contributed by atoms with E-state index in [-0.39, 0.29) is 62.3 Å². The molecule has 11 aromatic rings. The summed E-state index contributed by atoms with van der Waals surface area (Å²) in [6.45, 7) is 0. The number of nitrogens with zero attached hydrogens (tertiary/aromatic N) is 4. The smallest absolute Gasteiger partial charge is 0.238 e. The van der Waals surface area contributed by atoms with E-state index in [4.69, 9.17) is 25.4 Å². The Labute approximate surface area is 311 Å². The van der Waals surface area contributed by atoms with E-state index >= 15 is 0 Å². The van der Waals surface area contributed by atoms with E-state index in [9.17, 15) is 4.11 Å². The van der Waals surface area contributed by atoms with Crippen LogP contribution >= 0.6 is 11.3 Å². The molecule has 0 saturated carbocycles. The predicted molar refractivity (Wildman–Crippen MR) is 211 cm³/mol. The first kappa shape index (κ1) is 19.5. The lowest BCUT2D eigenvalue weighted by Crippen LogP contribution is -2.06. The zero-order chi connectivity index (χ0) is 43.0. The van der Waals surface area contributed by atoms with Crippen LogP contribution in [0.2, 0.25) is 0 Å². The molecule has 0 amide bonds. The topological polar surface area (TPSA) is 56.7 Å². The summed E-state index contributed by atoms with van der Waals surface area (Å²) in [7, 11) is 0. The zero-order valence-electron chi connectivity index (χ0n) is 37.3. The highest BCUT2D eigenvalue weighted by Crippen LogP contribution is 2.43. The lowest BCUT2D eigenvalue weighted by atomic mass is 9.99. The van der Waals surface area contributed by atoms with Crippen LogP contribution in [0.3, 0.4) is 0 Å². The van der Waals surface area contributed by atoms with Crippen LogP contribution in [-0.2, 0) is 0 Å². The average Bonchev–Trinajstić information content (AvgIpc) is 3.97. The maximum Gasteiger partial charge on any atom is 0.238 e. The van der Waals surface area contributed by atoms with Gasteiger partial charge in [0.2, 0.25) is 5.95 Å². The van der Waals surface area contributed by atoms with E-state index in [0.717, 1.165) is 36.5 Å². The summed E-state index contributed by atoms with van der Waals surface area (Å²) in [5, 5.41) is 3.75. The fourth-order valence-corrected chi connectivity index (χ4v) is 8.01. The van der Waals surface area contributed by atoms with Crippen molar-refractivity contribution in [3.63, 3.8) is 0 Å². The third-order valence-corrected chi connectivity index (χ3v) is 10.2. The summed E-state index contributed by atoms with van der Waals surface area (Å²) in [4.78, 5) is 14.4. The number of rotatable bonds is 4. The third kappa shape index (κ3) is 4.30. The van der Waals surface area contributed by atoms with Gasteiger partial charge in [-0.05, 0) is 47.5 Å². The van der Waals surface area contributed by atoms with E-state index in [1.54, 1.807) is 41.7 Å². The molecule has 0 aliphatic heterocycles. The first-order chi connectivity index (χ1) is 29.9. The van der Waals surface area contributed by atoms with Gasteiger partial charge in [-0.3, -0.25) is 4.57 Å². The van der Waals surface area contributed by atoms with E-state index in [0.29, 0.717) is 11.1 Å². The fraction of sp³-hybridized carbons (Fsp3) is 0. The maximum absolute atomic E-state index is 9.62. The lowest BCUT2D eigenvalue weighted by molar-refractivity contribution is 0.669. The molecule has 0 saturated heterocycles. The third-order valence-electron chi connectivity index (χ3n) is 9.08. The minimum atomic E-state index is -0.615. The number of thiophene rings is 1. The van der Waals surface area contributed by atoms with Gasteiger partial charge in [-0.1, -0.05) is 121 Å². The number of benzene rings is 7. The number of fused-ring (bicyclic) bond motifs is 10. The minimum absolute atomic E-state index is 0.00569. The monoisotopic (exact) mass is 681 g/mol. The van der Waals surface area contributed by atoms with Gasteiger partial charge < -0.3 is 4.42 Å². The van der Waals surface area contributed by atoms with Crippen LogP contribution in [0, 0.1) is 0 Å². The van der Waals surface area contributed by atoms with Crippen molar-refractivity contribution in [1.82, 2.24) is 19.5 Å². The Bertz CT molecular complexity index is 3760. The fourth-order valence-electron chi connectivity index (χ4n) is 6.90. The first-order valence-corrected chi connectivity index (χ1v) is 16.9. The molecule has 0 aliphatic carbocycles. The van der Waals surface area contributed by atoms with E-state index in [1.807, 2.05) is 59.2 Å². The summed E-state index contributed by atoms with van der Waals surface area (Å²) in [5.74, 6) is -0.686. The normalized spacial score (nSPS) is 14.9. The Morgan fingerprint density at radius 1 is 0.529 bits per heavy atom. The summed E-state index contributed by atoms with van der Waals surface area (Å²) < 4.78 is 108. The van der Waals surface area contributed by atoms with Crippen LogP contribution < -0.4 is 0 Å². The molecule has 238 valence electrons. The van der Waals surface area contributed by atoms with Crippen LogP contribution in [-0.4, -0.2) is 19.5 Å². The lowest BCUT2D eigenvalue weighted by Gasteiger charge is -2.11. The number of aromatic nitrogens is 4. The molecule has 6 heteroatoms. The van der Waals surface area contributed by atoms with Crippen LogP contribution in [0.15, 0.2) is 162 Å². The van der Waals surface area contributed by atoms with Gasteiger partial charge in [-0.25, -0.2) is 4.98 Å². The van der Waals surface area contributed by atoms with Crippen molar-refractivity contribution in [2.24, 2.45) is 0 Å². The molecule has 7 aromatic carbocycles. The van der Waals surface area contributed by atoms with Crippen molar-refractivity contribution < 1.29 is 19.5 Å². The molecule has 5 nitrogen and oxygen atoms in total. The second-order valence-electron chi connectivity index (χ2n) is 11.9. The molecule has 0 atom stereocenters. The molecule has 0 fully saturated rings. The molecule has 0 unspecified atom stereocenters. The largest absolute Gasteiger partial charge is 0.456 e. The molecule has 4 heterocycles. The Hall–Kier alpha value is -6.63. The van der Waals surface area contributed by atoms with Gasteiger partial charge in [0, 0.05) is 52.8 Å². The van der Waals surface area contributed by atoms with Crippen LogP contribution in [0.4, 0.5) is 0 Å². The van der Waals surface area contributed by atoms with E-state index in [1.165, 1.54) is 0 Å². The number of para-hydroxylation sites is 1. The van der Waals surface area contributed by atoms with Gasteiger partial charge >= 0.3 is 0 Å². The summed E-state index contributed by atoms with van der Waals surface area (Å²) in [6.07, 6.45) is 0. The zero-order valence-corrected chi connectivity index (χ0v) is 27.1. The van der Waals surface area contributed by atoms with Crippen LogP contribution in [0.25, 0.3) is 104 Å². The molecule has 0 radical (unpaired) electrons. The first-order valence-electron chi connectivity index (χ1n) is 21.6. The van der Waals surface area contributed by atoms with Crippen molar-refractivity contribution in [2.45, 2.75) is 0 Å². The number of furan rings is 1. The predicted octanol–water partition coefficient (Wildman–Crippen LogP) is 12.2. The van der Waals surface area contributed by atoms with Gasteiger partial charge in [-0.15, -0.1) is 11.3 Å². The molecule has 0 N–H and O–H groups in total. The summed E-state index contributed by atoms with van der Waals surface area (Å²) in [6, 6.07) is 23.0. The Morgan fingerprint density at radius 3 is 2.20 bits per heavy atom. The van der Waals surface area contributed by atoms with Gasteiger partial charge in [-0.2, -0.15) is 9.97 Å². The summed E-state index contributed by atoms with van der Waals surface area (Å²) >= 11 is 1.62. The highest BCUT2D eigenvalue weighted by atomic mass is 32.1. The van der Waals surface area contributed by atoms with Crippen LogP contribution in [0.5, 0.6) is 0 Å². The highest BCUT2D eigenvalue weighted by molar-refractivity contribution is 7.26. The van der Waals surface area contributed by atoms with E-state index < -0.39 is 60.4 Å². The molecule has 0 spiro atoms. The van der Waals surface area contributed by atoms with Gasteiger partial charge in [0.05, 0.1) is 26.1 Å². The second-order valence-corrected chi connectivity index (χ2v) is 13.0. The van der Waals surface area contributed by atoms with Crippen molar-refractivity contribution in [1.29, 1.82) is 0 Å². The molecule has 0 bridgehead atoms. The SMILES string of the molecule is [2H]c1c([2H])c([2H])c(-c2nc(-c3c([2H])c([2H])c4c(oc5c([2H])c([2H])c([2H])c(-c6ccccc6)c54)c3[2H])nc(-n3c4ccccc4c4ccc5sc6ccccc6c5c43)n2)c([2H])c1[2H]. The van der Waals surface area contributed by atoms with Crippen molar-refractivity contribution in [2.75, 3.05) is 0 Å². The van der Waals surface area contributed by atoms with E-state index in [2.05, 4.69) is 11.1 Å². The quantitative estimate of drug-likeness (QED) is 0.185. The van der Waals surface area contributed by atoms with Crippen molar-refractivity contribution >= 4 is 75.3 Å². The van der Waals surface area contributed by atoms with Crippen molar-refractivity contribution in [3.8, 4) is 39.9 Å². The molecular formula is C45H26N4OS. The molecule has 0 aliphatic rings. The second kappa shape index (κ2) is 10.9. The maximum atomic E-state index is 9.62.